The topological polar surface area (TPSA) is 39.1 Å². The van der Waals surface area contributed by atoms with Crippen molar-refractivity contribution < 1.29 is 4.74 Å². The number of nitrogens with one attached hydrogen (secondary N) is 1. The quantitative estimate of drug-likeness (QED) is 0.823. The molecule has 84 valence electrons. The maximum atomic E-state index is 5.57. The zero-order chi connectivity index (χ0) is 10.7. The highest BCUT2D eigenvalue weighted by Gasteiger charge is 2.16. The van der Waals surface area contributed by atoms with Crippen molar-refractivity contribution in [3.8, 4) is 0 Å². The van der Waals surface area contributed by atoms with E-state index in [1.54, 1.807) is 0 Å². The summed E-state index contributed by atoms with van der Waals surface area (Å²) in [6, 6.07) is 0.449. The first kappa shape index (κ1) is 10.5. The minimum atomic E-state index is 0.358. The Balaban J connectivity index is 1.88. The largest absolute Gasteiger partial charge is 0.380 e. The second-order valence-corrected chi connectivity index (χ2v) is 4.39. The summed E-state index contributed by atoms with van der Waals surface area (Å²) in [5.41, 5.74) is 1.09. The van der Waals surface area contributed by atoms with Gasteiger partial charge in [0.2, 0.25) is 0 Å². The molecule has 1 fully saturated rings. The molecule has 0 amide bonds. The fourth-order valence-electron chi connectivity index (χ4n) is 1.87. The highest BCUT2D eigenvalue weighted by molar-refractivity contribution is 5.38. The summed E-state index contributed by atoms with van der Waals surface area (Å²) in [5, 5.41) is 7.63. The zero-order valence-corrected chi connectivity index (χ0v) is 9.44. The Kier molecular flexibility index (Phi) is 3.26. The van der Waals surface area contributed by atoms with Crippen molar-refractivity contribution in [2.45, 2.75) is 45.4 Å². The van der Waals surface area contributed by atoms with Gasteiger partial charge in [0.05, 0.1) is 24.5 Å². The van der Waals surface area contributed by atoms with Gasteiger partial charge in [-0.1, -0.05) is 0 Å². The summed E-state index contributed by atoms with van der Waals surface area (Å²) < 4.78 is 7.53. The third-order valence-corrected chi connectivity index (χ3v) is 2.50. The molecular formula is C11H19N3O. The minimum Gasteiger partial charge on any atom is -0.380 e. The molecule has 2 rings (SSSR count). The highest BCUT2D eigenvalue weighted by atomic mass is 16.5. The zero-order valence-electron chi connectivity index (χ0n) is 9.44. The van der Waals surface area contributed by atoms with E-state index in [0.717, 1.165) is 25.3 Å². The first-order valence-corrected chi connectivity index (χ1v) is 5.64. The molecule has 1 N–H and O–H groups in total. The van der Waals surface area contributed by atoms with Gasteiger partial charge in [-0.25, -0.2) is 0 Å². The van der Waals surface area contributed by atoms with Crippen molar-refractivity contribution in [1.29, 1.82) is 0 Å². The Morgan fingerprint density at radius 1 is 1.67 bits per heavy atom. The van der Waals surface area contributed by atoms with E-state index in [9.17, 15) is 0 Å². The van der Waals surface area contributed by atoms with Crippen LogP contribution in [0.3, 0.4) is 0 Å². The lowest BCUT2D eigenvalue weighted by Gasteiger charge is -2.09. The lowest BCUT2D eigenvalue weighted by molar-refractivity contribution is 0.0940. The number of ether oxygens (including phenoxy) is 1. The average molecular weight is 209 g/mol. The summed E-state index contributed by atoms with van der Waals surface area (Å²) in [7, 11) is 0. The Bertz CT molecular complexity index is 303. The molecule has 0 radical (unpaired) electrons. The summed E-state index contributed by atoms with van der Waals surface area (Å²) in [6.07, 6.45) is 6.61. The monoisotopic (exact) mass is 209 g/mol. The smallest absolute Gasteiger partial charge is 0.0771 e. The Hall–Kier alpha value is -1.03. The van der Waals surface area contributed by atoms with Crippen LogP contribution in [0.25, 0.3) is 0 Å². The third kappa shape index (κ3) is 2.96. The summed E-state index contributed by atoms with van der Waals surface area (Å²) in [5.74, 6) is 0. The van der Waals surface area contributed by atoms with Gasteiger partial charge in [0.1, 0.15) is 0 Å². The number of rotatable bonds is 4. The molecule has 1 aromatic heterocycles. The van der Waals surface area contributed by atoms with Crippen LogP contribution in [0.2, 0.25) is 0 Å². The van der Waals surface area contributed by atoms with Crippen LogP contribution in [0.1, 0.15) is 26.7 Å². The van der Waals surface area contributed by atoms with Gasteiger partial charge in [-0.15, -0.1) is 0 Å². The van der Waals surface area contributed by atoms with E-state index in [2.05, 4.69) is 24.3 Å². The second-order valence-electron chi connectivity index (χ2n) is 4.39. The fourth-order valence-corrected chi connectivity index (χ4v) is 1.87. The van der Waals surface area contributed by atoms with Crippen LogP contribution in [0.4, 0.5) is 5.69 Å². The Morgan fingerprint density at radius 2 is 2.53 bits per heavy atom. The SMILES string of the molecule is CC(C)Nc1cnn(CC2CCCO2)c1. The molecule has 1 saturated heterocycles. The molecule has 0 aliphatic carbocycles. The molecular weight excluding hydrogens is 190 g/mol. The standard InChI is InChI=1S/C11H19N3O/c1-9(2)13-10-6-12-14(7-10)8-11-4-3-5-15-11/h6-7,9,11,13H,3-5,8H2,1-2H3. The van der Waals surface area contributed by atoms with E-state index in [1.165, 1.54) is 6.42 Å². The molecule has 15 heavy (non-hydrogen) atoms. The van der Waals surface area contributed by atoms with Gasteiger partial charge in [-0.3, -0.25) is 4.68 Å². The van der Waals surface area contributed by atoms with Crippen molar-refractivity contribution in [1.82, 2.24) is 9.78 Å². The molecule has 4 nitrogen and oxygen atoms in total. The molecule has 0 aromatic carbocycles. The van der Waals surface area contributed by atoms with Gasteiger partial charge in [-0.05, 0) is 26.7 Å². The van der Waals surface area contributed by atoms with Gasteiger partial charge in [0.15, 0.2) is 0 Å². The van der Waals surface area contributed by atoms with E-state index in [4.69, 9.17) is 4.74 Å². The maximum absolute atomic E-state index is 5.57. The van der Waals surface area contributed by atoms with Gasteiger partial charge in [0.25, 0.3) is 0 Å². The number of nitrogens with zero attached hydrogens (tertiary/aromatic N) is 2. The van der Waals surface area contributed by atoms with Crippen molar-refractivity contribution in [2.24, 2.45) is 0 Å². The van der Waals surface area contributed by atoms with E-state index >= 15 is 0 Å². The van der Waals surface area contributed by atoms with Crippen LogP contribution >= 0.6 is 0 Å². The van der Waals surface area contributed by atoms with Crippen molar-refractivity contribution in [2.75, 3.05) is 11.9 Å². The molecule has 1 aliphatic heterocycles. The molecule has 4 heteroatoms. The molecule has 0 saturated carbocycles. The maximum Gasteiger partial charge on any atom is 0.0771 e. The number of aromatic nitrogens is 2. The van der Waals surface area contributed by atoms with E-state index in [1.807, 2.05) is 17.1 Å². The van der Waals surface area contributed by atoms with Crippen LogP contribution in [-0.2, 0) is 11.3 Å². The van der Waals surface area contributed by atoms with Gasteiger partial charge < -0.3 is 10.1 Å². The number of anilines is 1. The van der Waals surface area contributed by atoms with Gasteiger partial charge in [0, 0.05) is 18.8 Å². The van der Waals surface area contributed by atoms with Gasteiger partial charge >= 0.3 is 0 Å². The lowest BCUT2D eigenvalue weighted by atomic mass is 10.2. The average Bonchev–Trinajstić information content (AvgIpc) is 2.77. The van der Waals surface area contributed by atoms with Gasteiger partial charge in [-0.2, -0.15) is 5.10 Å². The first-order chi connectivity index (χ1) is 7.24. The summed E-state index contributed by atoms with van der Waals surface area (Å²) >= 11 is 0. The predicted octanol–water partition coefficient (Wildman–Crippen LogP) is 1.88. The lowest BCUT2D eigenvalue weighted by Crippen LogP contribution is -2.15. The Morgan fingerprint density at radius 3 is 3.20 bits per heavy atom. The molecule has 2 heterocycles. The van der Waals surface area contributed by atoms with Crippen molar-refractivity contribution in [3.05, 3.63) is 12.4 Å². The normalized spacial score (nSPS) is 21.1. The van der Waals surface area contributed by atoms with Crippen LogP contribution in [0.5, 0.6) is 0 Å². The first-order valence-electron chi connectivity index (χ1n) is 5.64. The van der Waals surface area contributed by atoms with Crippen LogP contribution in [0.15, 0.2) is 12.4 Å². The molecule has 1 unspecified atom stereocenters. The third-order valence-electron chi connectivity index (χ3n) is 2.50. The molecule has 0 bridgehead atoms. The minimum absolute atomic E-state index is 0.358. The number of hydrogen-bond donors (Lipinski definition) is 1. The van der Waals surface area contributed by atoms with Crippen molar-refractivity contribution >= 4 is 5.69 Å². The molecule has 1 aromatic rings. The van der Waals surface area contributed by atoms with Crippen LogP contribution in [-0.4, -0.2) is 28.5 Å². The van der Waals surface area contributed by atoms with Crippen LogP contribution < -0.4 is 5.32 Å². The summed E-state index contributed by atoms with van der Waals surface area (Å²) in [6.45, 7) is 6.03. The molecule has 0 spiro atoms. The van der Waals surface area contributed by atoms with Crippen molar-refractivity contribution in [3.63, 3.8) is 0 Å². The highest BCUT2D eigenvalue weighted by Crippen LogP contribution is 2.15. The van der Waals surface area contributed by atoms with E-state index in [-0.39, 0.29) is 0 Å². The number of hydrogen-bond acceptors (Lipinski definition) is 3. The summed E-state index contributed by atoms with van der Waals surface area (Å²) in [4.78, 5) is 0. The second kappa shape index (κ2) is 4.66. The van der Waals surface area contributed by atoms with E-state index < -0.39 is 0 Å². The fraction of sp³-hybridized carbons (Fsp3) is 0.727. The predicted molar refractivity (Wildman–Crippen MR) is 60.0 cm³/mol. The Labute approximate surface area is 90.6 Å². The van der Waals surface area contributed by atoms with E-state index in [0.29, 0.717) is 12.1 Å². The van der Waals surface area contributed by atoms with Crippen LogP contribution in [0, 0.1) is 0 Å². The molecule has 1 atom stereocenters. The molecule has 1 aliphatic rings.